The van der Waals surface area contributed by atoms with Gasteiger partial charge in [0.25, 0.3) is 5.91 Å². The maximum atomic E-state index is 12.8. The van der Waals surface area contributed by atoms with Gasteiger partial charge in [-0.3, -0.25) is 9.59 Å². The average molecular weight is 457 g/mol. The molecule has 1 heterocycles. The summed E-state index contributed by atoms with van der Waals surface area (Å²) in [6, 6.07) is 21.8. The van der Waals surface area contributed by atoms with Crippen LogP contribution in [0.15, 0.2) is 66.7 Å². The molecule has 0 saturated carbocycles. The van der Waals surface area contributed by atoms with Gasteiger partial charge >= 0.3 is 0 Å². The van der Waals surface area contributed by atoms with Crippen molar-refractivity contribution in [2.45, 2.75) is 52.7 Å². The molecule has 34 heavy (non-hydrogen) atoms. The molecule has 0 bridgehead atoms. The Hall–Kier alpha value is -3.60. The quantitative estimate of drug-likeness (QED) is 0.526. The SMILES string of the molecule is CCC(=O)N1CCc2ccc(O[C@@H](C)C(=O)Nc3cccc(C)c3)cc2[C@@H]1c1ccc(C)cc1. The van der Waals surface area contributed by atoms with E-state index in [1.165, 1.54) is 11.1 Å². The van der Waals surface area contributed by atoms with Crippen LogP contribution in [0.1, 0.15) is 54.1 Å². The van der Waals surface area contributed by atoms with E-state index in [2.05, 4.69) is 42.6 Å². The average Bonchev–Trinajstić information content (AvgIpc) is 2.83. The number of ether oxygens (including phenoxy) is 1. The minimum Gasteiger partial charge on any atom is -0.481 e. The Kier molecular flexibility index (Phi) is 7.01. The van der Waals surface area contributed by atoms with Crippen LogP contribution in [0.4, 0.5) is 5.69 Å². The third-order valence-corrected chi connectivity index (χ3v) is 6.33. The molecule has 5 nitrogen and oxygen atoms in total. The summed E-state index contributed by atoms with van der Waals surface area (Å²) in [4.78, 5) is 27.5. The highest BCUT2D eigenvalue weighted by atomic mass is 16.5. The number of fused-ring (bicyclic) bond motifs is 1. The van der Waals surface area contributed by atoms with Gasteiger partial charge in [0, 0.05) is 18.7 Å². The molecule has 176 valence electrons. The number of rotatable bonds is 6. The lowest BCUT2D eigenvalue weighted by Crippen LogP contribution is -2.40. The zero-order valence-electron chi connectivity index (χ0n) is 20.3. The summed E-state index contributed by atoms with van der Waals surface area (Å²) in [5.41, 5.74) is 6.35. The molecule has 0 saturated heterocycles. The van der Waals surface area contributed by atoms with Crippen LogP contribution >= 0.6 is 0 Å². The van der Waals surface area contributed by atoms with Crippen molar-refractivity contribution in [2.24, 2.45) is 0 Å². The minimum atomic E-state index is -0.673. The molecule has 0 spiro atoms. The molecule has 1 aliphatic rings. The molecule has 3 aromatic carbocycles. The van der Waals surface area contributed by atoms with Crippen LogP contribution < -0.4 is 10.1 Å². The molecule has 4 rings (SSSR count). The molecule has 3 aromatic rings. The van der Waals surface area contributed by atoms with Crippen molar-refractivity contribution in [1.82, 2.24) is 4.90 Å². The lowest BCUT2D eigenvalue weighted by Gasteiger charge is -2.38. The highest BCUT2D eigenvalue weighted by Crippen LogP contribution is 2.37. The van der Waals surface area contributed by atoms with Gasteiger partial charge in [-0.2, -0.15) is 0 Å². The number of hydrogen-bond acceptors (Lipinski definition) is 3. The second-order valence-electron chi connectivity index (χ2n) is 8.98. The van der Waals surface area contributed by atoms with Crippen molar-refractivity contribution in [3.8, 4) is 5.75 Å². The summed E-state index contributed by atoms with van der Waals surface area (Å²) in [6.07, 6.45) is 0.588. The summed E-state index contributed by atoms with van der Waals surface area (Å²) >= 11 is 0. The van der Waals surface area contributed by atoms with Crippen molar-refractivity contribution in [3.63, 3.8) is 0 Å². The van der Waals surface area contributed by atoms with E-state index in [0.29, 0.717) is 18.7 Å². The predicted octanol–water partition coefficient (Wildman–Crippen LogP) is 5.59. The fraction of sp³-hybridized carbons (Fsp3) is 0.310. The molecule has 1 aliphatic heterocycles. The van der Waals surface area contributed by atoms with Gasteiger partial charge < -0.3 is 15.0 Å². The predicted molar refractivity (Wildman–Crippen MR) is 135 cm³/mol. The summed E-state index contributed by atoms with van der Waals surface area (Å²) < 4.78 is 6.05. The summed E-state index contributed by atoms with van der Waals surface area (Å²) in [5, 5.41) is 2.92. The smallest absolute Gasteiger partial charge is 0.265 e. The first-order chi connectivity index (χ1) is 16.4. The van der Waals surface area contributed by atoms with Gasteiger partial charge in [-0.25, -0.2) is 0 Å². The van der Waals surface area contributed by atoms with Crippen LogP contribution in [-0.4, -0.2) is 29.4 Å². The van der Waals surface area contributed by atoms with Crippen LogP contribution in [0.3, 0.4) is 0 Å². The number of hydrogen-bond donors (Lipinski definition) is 1. The van der Waals surface area contributed by atoms with Gasteiger partial charge in [-0.15, -0.1) is 0 Å². The topological polar surface area (TPSA) is 58.6 Å². The fourth-order valence-electron chi connectivity index (χ4n) is 4.47. The monoisotopic (exact) mass is 456 g/mol. The van der Waals surface area contributed by atoms with Crippen molar-refractivity contribution in [2.75, 3.05) is 11.9 Å². The molecule has 2 atom stereocenters. The Morgan fingerprint density at radius 3 is 2.50 bits per heavy atom. The number of nitrogens with one attached hydrogen (secondary N) is 1. The number of amides is 2. The highest BCUT2D eigenvalue weighted by Gasteiger charge is 2.32. The normalized spacial score (nSPS) is 15.9. The second-order valence-corrected chi connectivity index (χ2v) is 8.98. The van der Waals surface area contributed by atoms with Gasteiger partial charge in [-0.1, -0.05) is 55.0 Å². The molecule has 0 radical (unpaired) electrons. The molecule has 1 N–H and O–H groups in total. The van der Waals surface area contributed by atoms with E-state index in [1.54, 1.807) is 6.92 Å². The number of anilines is 1. The highest BCUT2D eigenvalue weighted by molar-refractivity contribution is 5.94. The summed E-state index contributed by atoms with van der Waals surface area (Å²) in [5.74, 6) is 0.545. The standard InChI is InChI=1S/C29H32N2O3/c1-5-27(32)31-16-15-22-13-14-25(18-26(22)28(31)23-11-9-19(2)10-12-23)34-21(4)29(33)30-24-8-6-7-20(3)17-24/h6-14,17-18,21,28H,5,15-16H2,1-4H3,(H,30,33)/t21-,28-/m0/s1. The molecular formula is C29H32N2O3. The zero-order chi connectivity index (χ0) is 24.2. The van der Waals surface area contributed by atoms with Crippen LogP contribution in [0, 0.1) is 13.8 Å². The molecule has 2 amide bonds. The third-order valence-electron chi connectivity index (χ3n) is 6.33. The second kappa shape index (κ2) is 10.1. The van der Waals surface area contributed by atoms with E-state index >= 15 is 0 Å². The van der Waals surface area contributed by atoms with Crippen molar-refractivity contribution in [3.05, 3.63) is 94.5 Å². The van der Waals surface area contributed by atoms with E-state index < -0.39 is 6.10 Å². The number of carbonyl (C=O) groups excluding carboxylic acids is 2. The fourth-order valence-corrected chi connectivity index (χ4v) is 4.47. The van der Waals surface area contributed by atoms with E-state index in [4.69, 9.17) is 4.74 Å². The lowest BCUT2D eigenvalue weighted by atomic mass is 9.87. The summed E-state index contributed by atoms with van der Waals surface area (Å²) in [6.45, 7) is 8.38. The van der Waals surface area contributed by atoms with Crippen LogP contribution in [0.2, 0.25) is 0 Å². The molecule has 0 aliphatic carbocycles. The number of nitrogens with zero attached hydrogens (tertiary/aromatic N) is 1. The maximum absolute atomic E-state index is 12.8. The van der Waals surface area contributed by atoms with Gasteiger partial charge in [-0.05, 0) is 73.7 Å². The Balaban J connectivity index is 1.60. The first kappa shape index (κ1) is 23.6. The van der Waals surface area contributed by atoms with Crippen LogP contribution in [0.5, 0.6) is 5.75 Å². The maximum Gasteiger partial charge on any atom is 0.265 e. The number of aryl methyl sites for hydroxylation is 2. The van der Waals surface area contributed by atoms with E-state index in [0.717, 1.165) is 28.8 Å². The Labute approximate surface area is 201 Å². The first-order valence-corrected chi connectivity index (χ1v) is 11.9. The van der Waals surface area contributed by atoms with Gasteiger partial charge in [0.05, 0.1) is 6.04 Å². The van der Waals surface area contributed by atoms with Gasteiger partial charge in [0.2, 0.25) is 5.91 Å². The molecule has 0 unspecified atom stereocenters. The Morgan fingerprint density at radius 1 is 1.03 bits per heavy atom. The van der Waals surface area contributed by atoms with Gasteiger partial charge in [0.1, 0.15) is 5.75 Å². The van der Waals surface area contributed by atoms with Crippen LogP contribution in [-0.2, 0) is 16.0 Å². The molecule has 5 heteroatoms. The number of benzene rings is 3. The Morgan fingerprint density at radius 2 is 1.79 bits per heavy atom. The van der Waals surface area contributed by atoms with E-state index in [-0.39, 0.29) is 17.9 Å². The van der Waals surface area contributed by atoms with Crippen molar-refractivity contribution in [1.29, 1.82) is 0 Å². The zero-order valence-corrected chi connectivity index (χ0v) is 20.3. The largest absolute Gasteiger partial charge is 0.481 e. The van der Waals surface area contributed by atoms with Crippen molar-refractivity contribution >= 4 is 17.5 Å². The molecular weight excluding hydrogens is 424 g/mol. The minimum absolute atomic E-state index is 0.133. The first-order valence-electron chi connectivity index (χ1n) is 11.9. The molecule has 0 fully saturated rings. The van der Waals surface area contributed by atoms with E-state index in [1.807, 2.05) is 55.1 Å². The van der Waals surface area contributed by atoms with Gasteiger partial charge in [0.15, 0.2) is 6.10 Å². The number of carbonyl (C=O) groups is 2. The third kappa shape index (κ3) is 5.14. The van der Waals surface area contributed by atoms with E-state index in [9.17, 15) is 9.59 Å². The van der Waals surface area contributed by atoms with Crippen LogP contribution in [0.25, 0.3) is 0 Å². The van der Waals surface area contributed by atoms with Crippen molar-refractivity contribution < 1.29 is 14.3 Å². The molecule has 0 aromatic heterocycles. The summed E-state index contributed by atoms with van der Waals surface area (Å²) in [7, 11) is 0. The lowest BCUT2D eigenvalue weighted by molar-refractivity contribution is -0.133. The Bertz CT molecular complexity index is 1190.